The van der Waals surface area contributed by atoms with Crippen molar-refractivity contribution in [3.63, 3.8) is 0 Å². The van der Waals surface area contributed by atoms with E-state index in [4.69, 9.17) is 5.26 Å². The van der Waals surface area contributed by atoms with Crippen molar-refractivity contribution in [1.82, 2.24) is 0 Å². The third kappa shape index (κ3) is 3.23. The predicted molar refractivity (Wildman–Crippen MR) is 70.7 cm³/mol. The van der Waals surface area contributed by atoms with Gasteiger partial charge >= 0.3 is 0 Å². The Morgan fingerprint density at radius 1 is 1.16 bits per heavy atom. The molecule has 0 spiro atoms. The minimum atomic E-state index is -0.687. The monoisotopic (exact) mass is 264 g/mol. The van der Waals surface area contributed by atoms with Gasteiger partial charge in [0.1, 0.15) is 5.69 Å². The van der Waals surface area contributed by atoms with E-state index in [2.05, 4.69) is 12.2 Å². The lowest BCUT2D eigenvalue weighted by atomic mass is 9.96. The van der Waals surface area contributed by atoms with Crippen molar-refractivity contribution >= 4 is 5.69 Å². The number of nitriles is 1. The van der Waals surface area contributed by atoms with Crippen LogP contribution in [0, 0.1) is 28.9 Å². The smallest absolute Gasteiger partial charge is 0.150 e. The molecule has 2 atom stereocenters. The number of halogens is 2. The van der Waals surface area contributed by atoms with Crippen molar-refractivity contribution in [1.29, 1.82) is 5.26 Å². The summed E-state index contributed by atoms with van der Waals surface area (Å²) < 4.78 is 27.7. The average molecular weight is 264 g/mol. The summed E-state index contributed by atoms with van der Waals surface area (Å²) in [7, 11) is 0. The van der Waals surface area contributed by atoms with Crippen LogP contribution in [0.2, 0.25) is 0 Å². The number of nitrogens with zero attached hydrogens (tertiary/aromatic N) is 1. The molecule has 1 aliphatic rings. The molecule has 0 bridgehead atoms. The topological polar surface area (TPSA) is 35.8 Å². The molecular formula is C15H18F2N2. The minimum absolute atomic E-state index is 0.00876. The molecule has 0 aromatic heterocycles. The lowest BCUT2D eigenvalue weighted by molar-refractivity contribution is 0.451. The lowest BCUT2D eigenvalue weighted by Gasteiger charge is -2.24. The first-order valence-electron chi connectivity index (χ1n) is 6.77. The summed E-state index contributed by atoms with van der Waals surface area (Å²) in [5.74, 6) is -0.974. The molecule has 1 fully saturated rings. The summed E-state index contributed by atoms with van der Waals surface area (Å²) in [4.78, 5) is 0. The highest BCUT2D eigenvalue weighted by Crippen LogP contribution is 2.28. The third-order valence-corrected chi connectivity index (χ3v) is 3.86. The first kappa shape index (κ1) is 13.8. The van der Waals surface area contributed by atoms with Gasteiger partial charge in [0, 0.05) is 6.04 Å². The zero-order valence-electron chi connectivity index (χ0n) is 11.0. The van der Waals surface area contributed by atoms with Crippen LogP contribution in [0.15, 0.2) is 12.1 Å². The largest absolute Gasteiger partial charge is 0.377 e. The van der Waals surface area contributed by atoms with E-state index in [-0.39, 0.29) is 17.3 Å². The second-order valence-electron chi connectivity index (χ2n) is 5.29. The number of benzene rings is 1. The van der Waals surface area contributed by atoms with E-state index in [0.29, 0.717) is 5.92 Å². The fraction of sp³-hybridized carbons (Fsp3) is 0.533. The van der Waals surface area contributed by atoms with Crippen LogP contribution < -0.4 is 5.32 Å². The number of hydrogen-bond donors (Lipinski definition) is 1. The summed E-state index contributed by atoms with van der Waals surface area (Å²) in [5, 5.41) is 11.7. The first-order chi connectivity index (χ1) is 9.11. The normalized spacial score (nSPS) is 23.5. The SMILES string of the molecule is CC1CCCCCC1Nc1c(F)cc(C#N)cc1F. The van der Waals surface area contributed by atoms with Crippen molar-refractivity contribution in [3.8, 4) is 6.07 Å². The minimum Gasteiger partial charge on any atom is -0.377 e. The van der Waals surface area contributed by atoms with Gasteiger partial charge in [0.25, 0.3) is 0 Å². The number of nitrogens with one attached hydrogen (secondary N) is 1. The molecule has 0 saturated heterocycles. The highest BCUT2D eigenvalue weighted by atomic mass is 19.1. The van der Waals surface area contributed by atoms with Gasteiger partial charge in [-0.15, -0.1) is 0 Å². The van der Waals surface area contributed by atoms with Crippen LogP contribution in [0.1, 0.15) is 44.6 Å². The van der Waals surface area contributed by atoms with Gasteiger partial charge in [-0.05, 0) is 30.9 Å². The highest BCUT2D eigenvalue weighted by Gasteiger charge is 2.22. The van der Waals surface area contributed by atoms with E-state index >= 15 is 0 Å². The molecule has 102 valence electrons. The molecule has 0 heterocycles. The molecular weight excluding hydrogens is 246 g/mol. The average Bonchev–Trinajstić information content (AvgIpc) is 2.58. The number of rotatable bonds is 2. The third-order valence-electron chi connectivity index (χ3n) is 3.86. The fourth-order valence-electron chi connectivity index (χ4n) is 2.67. The van der Waals surface area contributed by atoms with Crippen molar-refractivity contribution < 1.29 is 8.78 Å². The number of anilines is 1. The molecule has 0 radical (unpaired) electrons. The maximum atomic E-state index is 13.8. The Morgan fingerprint density at radius 3 is 2.42 bits per heavy atom. The quantitative estimate of drug-likeness (QED) is 0.812. The molecule has 0 aliphatic heterocycles. The Kier molecular flexibility index (Phi) is 4.36. The Labute approximate surface area is 112 Å². The Morgan fingerprint density at radius 2 is 1.79 bits per heavy atom. The van der Waals surface area contributed by atoms with Crippen LogP contribution in [-0.2, 0) is 0 Å². The summed E-state index contributed by atoms with van der Waals surface area (Å²) in [6.45, 7) is 2.11. The van der Waals surface area contributed by atoms with Gasteiger partial charge in [0.05, 0.1) is 11.6 Å². The molecule has 2 unspecified atom stereocenters. The van der Waals surface area contributed by atoms with Gasteiger partial charge in [-0.3, -0.25) is 0 Å². The van der Waals surface area contributed by atoms with Crippen LogP contribution in [0.25, 0.3) is 0 Å². The highest BCUT2D eigenvalue weighted by molar-refractivity contribution is 5.51. The molecule has 0 amide bonds. The van der Waals surface area contributed by atoms with Gasteiger partial charge in [-0.1, -0.05) is 26.2 Å². The second kappa shape index (κ2) is 6.01. The van der Waals surface area contributed by atoms with Crippen molar-refractivity contribution in [3.05, 3.63) is 29.3 Å². The van der Waals surface area contributed by atoms with Crippen LogP contribution in [0.3, 0.4) is 0 Å². The van der Waals surface area contributed by atoms with E-state index in [9.17, 15) is 8.78 Å². The fourth-order valence-corrected chi connectivity index (χ4v) is 2.67. The summed E-state index contributed by atoms with van der Waals surface area (Å²) in [6.07, 6.45) is 5.46. The van der Waals surface area contributed by atoms with Crippen molar-refractivity contribution in [2.45, 2.75) is 45.1 Å². The lowest BCUT2D eigenvalue weighted by Crippen LogP contribution is -2.27. The molecule has 1 aliphatic carbocycles. The van der Waals surface area contributed by atoms with Crippen molar-refractivity contribution in [2.75, 3.05) is 5.32 Å². The van der Waals surface area contributed by atoms with Crippen LogP contribution in [0.5, 0.6) is 0 Å². The van der Waals surface area contributed by atoms with E-state index in [1.54, 1.807) is 6.07 Å². The molecule has 1 saturated carbocycles. The van der Waals surface area contributed by atoms with Gasteiger partial charge in [0.15, 0.2) is 11.6 Å². The molecule has 2 rings (SSSR count). The van der Waals surface area contributed by atoms with Crippen LogP contribution in [-0.4, -0.2) is 6.04 Å². The molecule has 1 aromatic carbocycles. The van der Waals surface area contributed by atoms with Gasteiger partial charge in [-0.2, -0.15) is 5.26 Å². The van der Waals surface area contributed by atoms with Crippen LogP contribution >= 0.6 is 0 Å². The zero-order chi connectivity index (χ0) is 13.8. The predicted octanol–water partition coefficient (Wildman–Crippen LogP) is 4.22. The Hall–Kier alpha value is -1.63. The summed E-state index contributed by atoms with van der Waals surface area (Å²) >= 11 is 0. The maximum Gasteiger partial charge on any atom is 0.150 e. The standard InChI is InChI=1S/C15H18F2N2/c1-10-5-3-2-4-6-14(10)19-15-12(16)7-11(9-18)8-13(15)17/h7-8,10,14,19H,2-6H2,1H3. The van der Waals surface area contributed by atoms with Gasteiger partial charge in [-0.25, -0.2) is 8.78 Å². The van der Waals surface area contributed by atoms with Gasteiger partial charge in [0.2, 0.25) is 0 Å². The molecule has 4 heteroatoms. The van der Waals surface area contributed by atoms with E-state index in [0.717, 1.165) is 31.4 Å². The zero-order valence-corrected chi connectivity index (χ0v) is 11.0. The second-order valence-corrected chi connectivity index (χ2v) is 5.29. The summed E-state index contributed by atoms with van der Waals surface area (Å²) in [5.41, 5.74) is -0.0905. The van der Waals surface area contributed by atoms with E-state index in [1.807, 2.05) is 0 Å². The molecule has 1 N–H and O–H groups in total. The van der Waals surface area contributed by atoms with E-state index < -0.39 is 11.6 Å². The maximum absolute atomic E-state index is 13.8. The van der Waals surface area contributed by atoms with Gasteiger partial charge < -0.3 is 5.32 Å². The van der Waals surface area contributed by atoms with E-state index in [1.165, 1.54) is 12.8 Å². The van der Waals surface area contributed by atoms with Crippen LogP contribution in [0.4, 0.5) is 14.5 Å². The Balaban J connectivity index is 2.20. The first-order valence-corrected chi connectivity index (χ1v) is 6.77. The molecule has 19 heavy (non-hydrogen) atoms. The summed E-state index contributed by atoms with van der Waals surface area (Å²) in [6, 6.07) is 4.00. The molecule has 2 nitrogen and oxygen atoms in total. The Bertz CT molecular complexity index is 470. The van der Waals surface area contributed by atoms with Crippen molar-refractivity contribution in [2.24, 2.45) is 5.92 Å². The molecule has 1 aromatic rings. The number of hydrogen-bond acceptors (Lipinski definition) is 2.